The highest BCUT2D eigenvalue weighted by molar-refractivity contribution is 8.13. The number of ether oxygens (including phenoxy) is 2. The van der Waals surface area contributed by atoms with E-state index in [2.05, 4.69) is 10.0 Å². The standard InChI is InChI=1S/C23H32N4O7S2/c1-5-8-25-35-23(30)26-36(31,32)20-10-17-15(7-9-34-18(17)11-19(20)33-4)12-24-22(29)27-13-14(3)16(6-2)21(27)28/h10-11,15,25H,5-9,12-13H2,1-4H3,(H,24,29)(H,26,30). The third-order valence-corrected chi connectivity index (χ3v) is 8.11. The summed E-state index contributed by atoms with van der Waals surface area (Å²) in [6, 6.07) is 2.38. The number of hydrogen-bond donors (Lipinski definition) is 3. The average molecular weight is 541 g/mol. The van der Waals surface area contributed by atoms with Gasteiger partial charge in [-0.2, -0.15) is 0 Å². The van der Waals surface area contributed by atoms with Crippen molar-refractivity contribution >= 4 is 39.1 Å². The van der Waals surface area contributed by atoms with Crippen molar-refractivity contribution in [3.8, 4) is 11.5 Å². The Hall–Kier alpha value is -2.77. The van der Waals surface area contributed by atoms with E-state index in [-0.39, 0.29) is 35.6 Å². The zero-order valence-corrected chi connectivity index (χ0v) is 22.4. The van der Waals surface area contributed by atoms with Crippen molar-refractivity contribution in [3.05, 3.63) is 28.8 Å². The summed E-state index contributed by atoms with van der Waals surface area (Å²) in [5.41, 5.74) is 2.08. The van der Waals surface area contributed by atoms with E-state index < -0.39 is 21.3 Å². The number of rotatable bonds is 9. The van der Waals surface area contributed by atoms with Gasteiger partial charge in [-0.05, 0) is 37.8 Å². The molecule has 36 heavy (non-hydrogen) atoms. The van der Waals surface area contributed by atoms with Gasteiger partial charge in [0.25, 0.3) is 15.9 Å². The van der Waals surface area contributed by atoms with Crippen LogP contribution < -0.4 is 24.2 Å². The summed E-state index contributed by atoms with van der Waals surface area (Å²) >= 11 is 0.663. The normalized spacial score (nSPS) is 17.5. The molecule has 0 bridgehead atoms. The SMILES string of the molecule is CCCNSC(=O)NS(=O)(=O)c1cc2c(cc1OC)OCCC2CNC(=O)N1CC(C)=C(CC)C1=O. The molecule has 11 nitrogen and oxygen atoms in total. The third kappa shape index (κ3) is 6.13. The van der Waals surface area contributed by atoms with E-state index in [1.807, 2.05) is 25.5 Å². The Kier molecular flexibility index (Phi) is 9.25. The first-order valence-electron chi connectivity index (χ1n) is 11.7. The Balaban J connectivity index is 1.77. The summed E-state index contributed by atoms with van der Waals surface area (Å²) in [5, 5.41) is 2.03. The van der Waals surface area contributed by atoms with Gasteiger partial charge < -0.3 is 14.8 Å². The number of fused-ring (bicyclic) bond motifs is 1. The van der Waals surface area contributed by atoms with Crippen molar-refractivity contribution in [3.63, 3.8) is 0 Å². The fourth-order valence-corrected chi connectivity index (χ4v) is 6.08. The fourth-order valence-electron chi connectivity index (χ4n) is 4.13. The summed E-state index contributed by atoms with van der Waals surface area (Å²) in [7, 11) is -2.92. The van der Waals surface area contributed by atoms with Crippen LogP contribution in [0.1, 0.15) is 51.5 Å². The number of hydrogen-bond acceptors (Lipinski definition) is 9. The zero-order valence-electron chi connectivity index (χ0n) is 20.8. The third-order valence-electron chi connectivity index (χ3n) is 6.00. The van der Waals surface area contributed by atoms with Crippen molar-refractivity contribution in [2.45, 2.75) is 50.8 Å². The number of nitrogens with zero attached hydrogens (tertiary/aromatic N) is 1. The van der Waals surface area contributed by atoms with Crippen LogP contribution in [0.25, 0.3) is 0 Å². The number of nitrogens with one attached hydrogen (secondary N) is 3. The number of imide groups is 1. The molecule has 1 aromatic rings. The minimum Gasteiger partial charge on any atom is -0.495 e. The van der Waals surface area contributed by atoms with Gasteiger partial charge in [0.15, 0.2) is 0 Å². The maximum Gasteiger partial charge on any atom is 0.324 e. The molecule has 0 fully saturated rings. The van der Waals surface area contributed by atoms with E-state index in [0.717, 1.165) is 12.0 Å². The van der Waals surface area contributed by atoms with E-state index in [0.29, 0.717) is 54.8 Å². The van der Waals surface area contributed by atoms with Crippen LogP contribution in [0.15, 0.2) is 28.2 Å². The Morgan fingerprint density at radius 2 is 2.03 bits per heavy atom. The van der Waals surface area contributed by atoms with Crippen molar-refractivity contribution in [2.24, 2.45) is 0 Å². The van der Waals surface area contributed by atoms with Gasteiger partial charge in [-0.1, -0.05) is 13.8 Å². The average Bonchev–Trinajstić information content (AvgIpc) is 3.14. The van der Waals surface area contributed by atoms with E-state index in [1.54, 1.807) is 0 Å². The van der Waals surface area contributed by atoms with Gasteiger partial charge in [-0.25, -0.2) is 17.9 Å². The topological polar surface area (TPSA) is 143 Å². The molecule has 2 heterocycles. The van der Waals surface area contributed by atoms with E-state index in [9.17, 15) is 22.8 Å². The number of urea groups is 1. The molecule has 3 rings (SSSR count). The Morgan fingerprint density at radius 3 is 2.67 bits per heavy atom. The summed E-state index contributed by atoms with van der Waals surface area (Å²) in [5.74, 6) is -0.0995. The number of amides is 4. The second-order valence-corrected chi connectivity index (χ2v) is 11.0. The highest BCUT2D eigenvalue weighted by Crippen LogP contribution is 2.40. The molecule has 1 aromatic carbocycles. The van der Waals surface area contributed by atoms with Crippen molar-refractivity contribution in [1.82, 2.24) is 19.7 Å². The molecule has 1 unspecified atom stereocenters. The highest BCUT2D eigenvalue weighted by atomic mass is 32.2. The molecule has 0 saturated carbocycles. The largest absolute Gasteiger partial charge is 0.495 e. The van der Waals surface area contributed by atoms with Crippen LogP contribution in [0.5, 0.6) is 11.5 Å². The predicted octanol–water partition coefficient (Wildman–Crippen LogP) is 2.89. The first-order valence-corrected chi connectivity index (χ1v) is 14.0. The second-order valence-electron chi connectivity index (χ2n) is 8.45. The van der Waals surface area contributed by atoms with Gasteiger partial charge in [0.2, 0.25) is 0 Å². The van der Waals surface area contributed by atoms with E-state index >= 15 is 0 Å². The molecule has 0 radical (unpaired) electrons. The van der Waals surface area contributed by atoms with E-state index in [1.165, 1.54) is 24.1 Å². The van der Waals surface area contributed by atoms with Gasteiger partial charge in [-0.3, -0.25) is 19.2 Å². The molecule has 13 heteroatoms. The summed E-state index contributed by atoms with van der Waals surface area (Å²) < 4.78 is 41.8. The van der Waals surface area contributed by atoms with Gasteiger partial charge in [0.05, 0.1) is 20.3 Å². The number of carbonyl (C=O) groups excluding carboxylic acids is 3. The molecular formula is C23H32N4O7S2. The lowest BCUT2D eigenvalue weighted by atomic mass is 9.93. The summed E-state index contributed by atoms with van der Waals surface area (Å²) in [6.07, 6.45) is 1.86. The zero-order chi connectivity index (χ0) is 26.5. The number of carbonyl (C=O) groups is 3. The lowest BCUT2D eigenvalue weighted by Gasteiger charge is -2.28. The fraction of sp³-hybridized carbons (Fsp3) is 0.522. The number of sulfonamides is 1. The molecule has 0 aromatic heterocycles. The Morgan fingerprint density at radius 1 is 1.28 bits per heavy atom. The van der Waals surface area contributed by atoms with Crippen molar-refractivity contribution in [1.29, 1.82) is 0 Å². The smallest absolute Gasteiger partial charge is 0.324 e. The van der Waals surface area contributed by atoms with Gasteiger partial charge in [0.1, 0.15) is 16.4 Å². The second kappa shape index (κ2) is 12.0. The van der Waals surface area contributed by atoms with Gasteiger partial charge >= 0.3 is 11.3 Å². The molecule has 2 aliphatic rings. The van der Waals surface area contributed by atoms with Crippen LogP contribution in [0, 0.1) is 0 Å². The van der Waals surface area contributed by atoms with Crippen LogP contribution >= 0.6 is 11.9 Å². The Labute approximate surface area is 215 Å². The molecule has 0 aliphatic carbocycles. The summed E-state index contributed by atoms with van der Waals surface area (Å²) in [4.78, 5) is 38.3. The van der Waals surface area contributed by atoms with E-state index in [4.69, 9.17) is 9.47 Å². The highest BCUT2D eigenvalue weighted by Gasteiger charge is 2.33. The van der Waals surface area contributed by atoms with Crippen molar-refractivity contribution in [2.75, 3.05) is 33.4 Å². The summed E-state index contributed by atoms with van der Waals surface area (Å²) in [6.45, 7) is 6.97. The van der Waals surface area contributed by atoms with Crippen LogP contribution in [0.3, 0.4) is 0 Å². The predicted molar refractivity (Wildman–Crippen MR) is 136 cm³/mol. The maximum absolute atomic E-state index is 13.0. The van der Waals surface area contributed by atoms with Gasteiger partial charge in [-0.15, -0.1) is 0 Å². The minimum absolute atomic E-state index is 0.0292. The maximum atomic E-state index is 13.0. The lowest BCUT2D eigenvalue weighted by Crippen LogP contribution is -2.43. The Bertz CT molecular complexity index is 1170. The first kappa shape index (κ1) is 27.8. The van der Waals surface area contributed by atoms with Crippen LogP contribution in [0.4, 0.5) is 9.59 Å². The van der Waals surface area contributed by atoms with Crippen molar-refractivity contribution < 1.29 is 32.3 Å². The minimum atomic E-state index is -4.25. The lowest BCUT2D eigenvalue weighted by molar-refractivity contribution is -0.123. The molecule has 3 N–H and O–H groups in total. The quantitative estimate of drug-likeness (QED) is 0.318. The van der Waals surface area contributed by atoms with Gasteiger partial charge in [0, 0.05) is 48.2 Å². The van der Waals surface area contributed by atoms with Crippen LogP contribution in [-0.4, -0.2) is 63.8 Å². The number of benzene rings is 1. The molecule has 198 valence electrons. The number of methoxy groups -OCH3 is 1. The van der Waals surface area contributed by atoms with Crippen LogP contribution in [0.2, 0.25) is 0 Å². The first-order chi connectivity index (χ1) is 17.1. The molecule has 0 saturated heterocycles. The molecule has 0 spiro atoms. The molecule has 4 amide bonds. The molecule has 1 atom stereocenters. The molecular weight excluding hydrogens is 508 g/mol. The monoisotopic (exact) mass is 540 g/mol. The van der Waals surface area contributed by atoms with Crippen LogP contribution in [-0.2, 0) is 14.8 Å². The molecule has 2 aliphatic heterocycles.